The van der Waals surface area contributed by atoms with Crippen LogP contribution in [0.3, 0.4) is 0 Å². The van der Waals surface area contributed by atoms with Crippen LogP contribution in [0.1, 0.15) is 49.3 Å². The van der Waals surface area contributed by atoms with Crippen molar-refractivity contribution in [2.75, 3.05) is 6.54 Å². The van der Waals surface area contributed by atoms with E-state index in [2.05, 4.69) is 20.0 Å². The standard InChI is InChI=1S/C24H31N5O/c1-8-25-20(6)26-14-18(4)23-27-15-21(19(5)28-23)22-12-10-9-11-16(2)13-17(3)24(30)29(22)7/h9-15,18H,8H2,1-7H3. The van der Waals surface area contributed by atoms with Crippen LogP contribution >= 0.6 is 0 Å². The Morgan fingerprint density at radius 1 is 1.23 bits per heavy atom. The minimum atomic E-state index is -0.0565. The van der Waals surface area contributed by atoms with Crippen LogP contribution in [0.5, 0.6) is 0 Å². The molecule has 0 spiro atoms. The Kier molecular flexibility index (Phi) is 8.16. The Morgan fingerprint density at radius 2 is 1.93 bits per heavy atom. The van der Waals surface area contributed by atoms with Gasteiger partial charge in [-0.1, -0.05) is 36.8 Å². The molecule has 2 aromatic heterocycles. The first-order valence-electron chi connectivity index (χ1n) is 10.1. The Hall–Kier alpha value is -3.15. The second-order valence-corrected chi connectivity index (χ2v) is 7.35. The van der Waals surface area contributed by atoms with E-state index in [1.165, 1.54) is 0 Å². The van der Waals surface area contributed by atoms with Crippen molar-refractivity contribution in [3.8, 4) is 11.3 Å². The normalized spacial score (nSPS) is 12.7. The highest BCUT2D eigenvalue weighted by atomic mass is 16.1. The average molecular weight is 406 g/mol. The fourth-order valence-electron chi connectivity index (χ4n) is 3.07. The van der Waals surface area contributed by atoms with Gasteiger partial charge in [0.25, 0.3) is 5.56 Å². The van der Waals surface area contributed by atoms with E-state index in [4.69, 9.17) is 0 Å². The van der Waals surface area contributed by atoms with Crippen molar-refractivity contribution in [3.63, 3.8) is 0 Å². The second kappa shape index (κ2) is 10.6. The van der Waals surface area contributed by atoms with Crippen molar-refractivity contribution in [1.82, 2.24) is 14.5 Å². The molecule has 1 atom stereocenters. The summed E-state index contributed by atoms with van der Waals surface area (Å²) >= 11 is 0. The number of hydrogen-bond acceptors (Lipinski definition) is 4. The van der Waals surface area contributed by atoms with E-state index < -0.39 is 0 Å². The van der Waals surface area contributed by atoms with Crippen LogP contribution in [-0.2, 0) is 7.05 Å². The Morgan fingerprint density at radius 3 is 2.60 bits per heavy atom. The van der Waals surface area contributed by atoms with Crippen LogP contribution in [0.2, 0.25) is 0 Å². The third-order valence-electron chi connectivity index (χ3n) is 4.72. The van der Waals surface area contributed by atoms with Crippen molar-refractivity contribution >= 4 is 12.1 Å². The smallest absolute Gasteiger partial charge is 0.253 e. The summed E-state index contributed by atoms with van der Waals surface area (Å²) in [7, 11) is 1.78. The molecule has 0 saturated heterocycles. The topological polar surface area (TPSA) is 72.5 Å². The summed E-state index contributed by atoms with van der Waals surface area (Å²) in [5.74, 6) is 1.38. The summed E-state index contributed by atoms with van der Waals surface area (Å²) in [4.78, 5) is 30.7. The number of aromatic nitrogens is 3. The predicted molar refractivity (Wildman–Crippen MR) is 125 cm³/mol. The molecule has 1 unspecified atom stereocenters. The van der Waals surface area contributed by atoms with Gasteiger partial charge in [-0.05, 0) is 40.7 Å². The molecule has 2 aromatic rings. The third kappa shape index (κ3) is 5.92. The summed E-state index contributed by atoms with van der Waals surface area (Å²) in [5, 5.41) is 0. The fourth-order valence-corrected chi connectivity index (χ4v) is 3.07. The largest absolute Gasteiger partial charge is 0.311 e. The molecule has 2 rings (SSSR count). The van der Waals surface area contributed by atoms with Gasteiger partial charge in [0.1, 0.15) is 11.7 Å². The third-order valence-corrected chi connectivity index (χ3v) is 4.72. The van der Waals surface area contributed by atoms with Gasteiger partial charge < -0.3 is 4.57 Å². The number of aryl methyl sites for hydroxylation is 3. The first kappa shape index (κ1) is 23.1. The minimum absolute atomic E-state index is 0.0460. The Balaban J connectivity index is 2.55. The van der Waals surface area contributed by atoms with E-state index in [0.29, 0.717) is 17.9 Å². The van der Waals surface area contributed by atoms with Crippen molar-refractivity contribution in [2.45, 2.75) is 47.5 Å². The quantitative estimate of drug-likeness (QED) is 0.555. The maximum Gasteiger partial charge on any atom is 0.253 e. The number of amidine groups is 1. The first-order valence-corrected chi connectivity index (χ1v) is 10.1. The molecule has 0 aliphatic heterocycles. The molecule has 2 heterocycles. The van der Waals surface area contributed by atoms with Crippen LogP contribution in [0.25, 0.3) is 11.3 Å². The van der Waals surface area contributed by atoms with Gasteiger partial charge in [-0.15, -0.1) is 0 Å². The molecule has 0 amide bonds. The molecule has 0 aromatic carbocycles. The summed E-state index contributed by atoms with van der Waals surface area (Å²) in [5.41, 5.74) is 4.04. The van der Waals surface area contributed by atoms with Gasteiger partial charge >= 0.3 is 0 Å². The molecule has 0 N–H and O–H groups in total. The predicted octanol–water partition coefficient (Wildman–Crippen LogP) is 4.50. The van der Waals surface area contributed by atoms with Crippen LogP contribution < -0.4 is 5.56 Å². The summed E-state index contributed by atoms with van der Waals surface area (Å²) < 4.78 is 1.65. The van der Waals surface area contributed by atoms with E-state index >= 15 is 0 Å². The van der Waals surface area contributed by atoms with Crippen molar-refractivity contribution in [2.24, 2.45) is 17.0 Å². The maximum absolute atomic E-state index is 12.9. The Labute approximate surface area is 178 Å². The molecule has 0 aliphatic carbocycles. The van der Waals surface area contributed by atoms with Crippen LogP contribution in [-0.4, -0.2) is 33.1 Å². The van der Waals surface area contributed by atoms with E-state index in [-0.39, 0.29) is 11.5 Å². The molecular weight excluding hydrogens is 374 g/mol. The molecule has 0 aliphatic rings. The molecule has 6 nitrogen and oxygen atoms in total. The van der Waals surface area contributed by atoms with Gasteiger partial charge in [0, 0.05) is 37.1 Å². The zero-order valence-corrected chi connectivity index (χ0v) is 19.0. The number of aliphatic imine (C=N–C) groups is 2. The van der Waals surface area contributed by atoms with Gasteiger partial charge in [0.05, 0.1) is 17.3 Å². The molecule has 0 radical (unpaired) electrons. The zero-order valence-electron chi connectivity index (χ0n) is 19.0. The van der Waals surface area contributed by atoms with Crippen molar-refractivity contribution < 1.29 is 0 Å². The average Bonchev–Trinajstić information content (AvgIpc) is 2.71. The zero-order chi connectivity index (χ0) is 22.3. The molecule has 0 bridgehead atoms. The maximum atomic E-state index is 12.9. The minimum Gasteiger partial charge on any atom is -0.311 e. The monoisotopic (exact) mass is 405 g/mol. The highest BCUT2D eigenvalue weighted by Gasteiger charge is 2.12. The van der Waals surface area contributed by atoms with E-state index in [0.717, 1.165) is 28.4 Å². The lowest BCUT2D eigenvalue weighted by molar-refractivity contribution is 0.847. The lowest BCUT2D eigenvalue weighted by Gasteiger charge is -2.11. The SMILES string of the molecule is CCN=C(C)N=CC(C)c1ncc(-c2ccccc(C)cc(C)c(=O)n2C)c(C)n1. The van der Waals surface area contributed by atoms with E-state index in [1.807, 2.05) is 78.1 Å². The molecular formula is C24H31N5O. The van der Waals surface area contributed by atoms with E-state index in [9.17, 15) is 4.79 Å². The molecule has 0 saturated carbocycles. The van der Waals surface area contributed by atoms with Gasteiger partial charge in [-0.2, -0.15) is 0 Å². The van der Waals surface area contributed by atoms with E-state index in [1.54, 1.807) is 17.8 Å². The van der Waals surface area contributed by atoms with Crippen LogP contribution in [0, 0.1) is 20.8 Å². The van der Waals surface area contributed by atoms with Gasteiger partial charge in [-0.3, -0.25) is 9.79 Å². The highest BCUT2D eigenvalue weighted by Crippen LogP contribution is 2.21. The van der Waals surface area contributed by atoms with Gasteiger partial charge in [0.2, 0.25) is 0 Å². The number of rotatable bonds is 4. The van der Waals surface area contributed by atoms with Crippen molar-refractivity contribution in [3.05, 3.63) is 69.5 Å². The number of nitrogens with zero attached hydrogens (tertiary/aromatic N) is 5. The second-order valence-electron chi connectivity index (χ2n) is 7.35. The fraction of sp³-hybridized carbons (Fsp3) is 0.375. The van der Waals surface area contributed by atoms with Gasteiger partial charge in [0.15, 0.2) is 0 Å². The molecule has 6 heteroatoms. The van der Waals surface area contributed by atoms with Crippen molar-refractivity contribution in [1.29, 1.82) is 0 Å². The molecule has 30 heavy (non-hydrogen) atoms. The van der Waals surface area contributed by atoms with Crippen LogP contribution in [0.15, 0.2) is 51.3 Å². The lowest BCUT2D eigenvalue weighted by atomic mass is 10.1. The number of hydrogen-bond donors (Lipinski definition) is 0. The highest BCUT2D eigenvalue weighted by molar-refractivity contribution is 5.89. The summed E-state index contributed by atoms with van der Waals surface area (Å²) in [6.45, 7) is 12.3. The molecule has 158 valence electrons. The molecule has 0 fully saturated rings. The summed E-state index contributed by atoms with van der Waals surface area (Å²) in [6, 6.07) is 9.68. The van der Waals surface area contributed by atoms with Gasteiger partial charge in [-0.25, -0.2) is 15.0 Å². The Bertz CT molecular complexity index is 1080. The first-order chi connectivity index (χ1) is 14.2. The lowest BCUT2D eigenvalue weighted by Crippen LogP contribution is -2.19. The summed E-state index contributed by atoms with van der Waals surface area (Å²) in [6.07, 6.45) is 3.59. The van der Waals surface area contributed by atoms with Crippen LogP contribution in [0.4, 0.5) is 0 Å².